The molecule has 3 rings (SSSR count). The quantitative estimate of drug-likeness (QED) is 0.325. The Morgan fingerprint density at radius 3 is 2.33 bits per heavy atom. The van der Waals surface area contributed by atoms with E-state index in [1.54, 1.807) is 4.90 Å². The van der Waals surface area contributed by atoms with E-state index in [2.05, 4.69) is 35.1 Å². The first kappa shape index (κ1) is 27.5. The number of nitrogens with zero attached hydrogens (tertiary/aromatic N) is 1. The lowest BCUT2D eigenvalue weighted by Crippen LogP contribution is -2.52. The number of halogens is 1. The molecule has 2 amide bonds. The number of hydrogen-bond acceptors (Lipinski definition) is 3. The third-order valence-corrected chi connectivity index (χ3v) is 6.77. The summed E-state index contributed by atoms with van der Waals surface area (Å²) in [7, 11) is 0. The van der Waals surface area contributed by atoms with Crippen molar-refractivity contribution < 1.29 is 14.3 Å². The molecule has 1 N–H and O–H groups in total. The highest BCUT2D eigenvalue weighted by atomic mass is 79.9. The van der Waals surface area contributed by atoms with Gasteiger partial charge in [0.25, 0.3) is 5.91 Å². The van der Waals surface area contributed by atoms with E-state index in [4.69, 9.17) is 4.74 Å². The van der Waals surface area contributed by atoms with Gasteiger partial charge in [-0.1, -0.05) is 89.9 Å². The van der Waals surface area contributed by atoms with Crippen LogP contribution < -0.4 is 10.1 Å². The molecule has 5 nitrogen and oxygen atoms in total. The first-order valence-electron chi connectivity index (χ1n) is 12.3. The molecular weight excluding hydrogens is 516 g/mol. The molecule has 0 aliphatic heterocycles. The van der Waals surface area contributed by atoms with Crippen LogP contribution in [0, 0.1) is 19.8 Å². The average Bonchev–Trinajstić information content (AvgIpc) is 2.86. The summed E-state index contributed by atoms with van der Waals surface area (Å²) in [5, 5.41) is 3.04. The van der Waals surface area contributed by atoms with Gasteiger partial charge in [-0.2, -0.15) is 0 Å². The van der Waals surface area contributed by atoms with E-state index in [-0.39, 0.29) is 18.4 Å². The lowest BCUT2D eigenvalue weighted by atomic mass is 10.0. The summed E-state index contributed by atoms with van der Waals surface area (Å²) in [4.78, 5) is 28.8. The summed E-state index contributed by atoms with van der Waals surface area (Å²) in [6.07, 6.45) is 0.416. The van der Waals surface area contributed by atoms with Gasteiger partial charge in [0.15, 0.2) is 6.61 Å². The Morgan fingerprint density at radius 2 is 1.67 bits per heavy atom. The largest absolute Gasteiger partial charge is 0.484 e. The molecule has 0 spiro atoms. The van der Waals surface area contributed by atoms with Crippen LogP contribution in [0.5, 0.6) is 5.75 Å². The van der Waals surface area contributed by atoms with Crippen molar-refractivity contribution in [2.75, 3.05) is 13.2 Å². The molecule has 0 aromatic heterocycles. The van der Waals surface area contributed by atoms with Crippen LogP contribution in [-0.2, 0) is 22.6 Å². The Labute approximate surface area is 223 Å². The predicted molar refractivity (Wildman–Crippen MR) is 148 cm³/mol. The van der Waals surface area contributed by atoms with Crippen LogP contribution in [0.15, 0.2) is 77.3 Å². The maximum absolute atomic E-state index is 13.6. The third-order valence-electron chi connectivity index (χ3n) is 5.88. The molecule has 0 aliphatic rings. The number of aryl methyl sites for hydroxylation is 2. The molecule has 3 aromatic rings. The van der Waals surface area contributed by atoms with Crippen molar-refractivity contribution in [3.05, 3.63) is 99.5 Å². The van der Waals surface area contributed by atoms with Crippen LogP contribution in [0.2, 0.25) is 0 Å². The molecule has 1 atom stereocenters. The molecule has 0 heterocycles. The Bertz CT molecular complexity index is 1160. The Balaban J connectivity index is 1.90. The van der Waals surface area contributed by atoms with Crippen molar-refractivity contribution in [1.29, 1.82) is 0 Å². The highest BCUT2D eigenvalue weighted by Crippen LogP contribution is 2.22. The molecule has 0 fully saturated rings. The van der Waals surface area contributed by atoms with E-state index in [0.717, 1.165) is 26.7 Å². The Hall–Kier alpha value is -3.12. The second-order valence-electron chi connectivity index (χ2n) is 9.55. The molecule has 6 heteroatoms. The molecule has 0 saturated carbocycles. The van der Waals surface area contributed by atoms with E-state index < -0.39 is 6.04 Å². The summed E-state index contributed by atoms with van der Waals surface area (Å²) < 4.78 is 6.86. The number of carbonyl (C=O) groups is 2. The van der Waals surface area contributed by atoms with Crippen molar-refractivity contribution >= 4 is 27.7 Å². The van der Waals surface area contributed by atoms with E-state index in [1.807, 2.05) is 86.6 Å². The molecule has 0 saturated heterocycles. The van der Waals surface area contributed by atoms with Crippen molar-refractivity contribution in [1.82, 2.24) is 10.2 Å². The van der Waals surface area contributed by atoms with Gasteiger partial charge in [0.05, 0.1) is 0 Å². The molecule has 3 aromatic carbocycles. The molecule has 0 bridgehead atoms. The summed E-state index contributed by atoms with van der Waals surface area (Å²) in [5.74, 6) is 0.519. The zero-order valence-electron chi connectivity index (χ0n) is 21.5. The van der Waals surface area contributed by atoms with Crippen LogP contribution in [0.4, 0.5) is 0 Å². The lowest BCUT2D eigenvalue weighted by Gasteiger charge is -2.32. The summed E-state index contributed by atoms with van der Waals surface area (Å²) in [6.45, 7) is 8.80. The maximum Gasteiger partial charge on any atom is 0.261 e. The van der Waals surface area contributed by atoms with Crippen molar-refractivity contribution in [2.45, 2.75) is 46.7 Å². The summed E-state index contributed by atoms with van der Waals surface area (Å²) >= 11 is 3.49. The molecule has 0 aliphatic carbocycles. The van der Waals surface area contributed by atoms with Crippen LogP contribution in [0.25, 0.3) is 0 Å². The van der Waals surface area contributed by atoms with Gasteiger partial charge >= 0.3 is 0 Å². The van der Waals surface area contributed by atoms with E-state index in [0.29, 0.717) is 31.2 Å². The van der Waals surface area contributed by atoms with Gasteiger partial charge in [-0.15, -0.1) is 0 Å². The number of nitrogens with one attached hydrogen (secondary N) is 1. The Kier molecular flexibility index (Phi) is 10.1. The van der Waals surface area contributed by atoms with Crippen LogP contribution in [0.3, 0.4) is 0 Å². The molecular formula is C30H35BrN2O3. The Morgan fingerprint density at radius 1 is 0.944 bits per heavy atom. The number of amides is 2. The predicted octanol–water partition coefficient (Wildman–Crippen LogP) is 5.86. The standard InChI is InChI=1S/C30H35BrN2O3/c1-21(2)18-32-30(35)28(17-24-10-6-5-7-11-24)33(19-25-12-8-9-22(3)15-25)29(34)20-36-26-13-14-27(31)23(4)16-26/h5-16,21,28H,17-20H2,1-4H3,(H,32,35)/t28-/m1/s1. The van der Waals surface area contributed by atoms with Gasteiger partial charge in [0, 0.05) is 24.0 Å². The molecule has 36 heavy (non-hydrogen) atoms. The number of rotatable bonds is 11. The minimum Gasteiger partial charge on any atom is -0.484 e. The number of ether oxygens (including phenoxy) is 1. The highest BCUT2D eigenvalue weighted by Gasteiger charge is 2.30. The summed E-state index contributed by atoms with van der Waals surface area (Å²) in [6, 6.07) is 22.8. The zero-order valence-corrected chi connectivity index (χ0v) is 23.0. The van der Waals surface area contributed by atoms with Gasteiger partial charge in [0.2, 0.25) is 5.91 Å². The van der Waals surface area contributed by atoms with E-state index >= 15 is 0 Å². The number of hydrogen-bond donors (Lipinski definition) is 1. The second-order valence-corrected chi connectivity index (χ2v) is 10.4. The fourth-order valence-electron chi connectivity index (χ4n) is 3.92. The molecule has 190 valence electrons. The minimum atomic E-state index is -0.672. The average molecular weight is 552 g/mol. The van der Waals surface area contributed by atoms with Gasteiger partial charge in [0.1, 0.15) is 11.8 Å². The van der Waals surface area contributed by atoms with Crippen LogP contribution in [0.1, 0.15) is 36.1 Å². The highest BCUT2D eigenvalue weighted by molar-refractivity contribution is 9.10. The van der Waals surface area contributed by atoms with Gasteiger partial charge in [-0.05, 0) is 54.7 Å². The third kappa shape index (κ3) is 8.23. The van der Waals surface area contributed by atoms with E-state index in [1.165, 1.54) is 0 Å². The monoisotopic (exact) mass is 550 g/mol. The van der Waals surface area contributed by atoms with Crippen molar-refractivity contribution in [2.24, 2.45) is 5.92 Å². The molecule has 0 unspecified atom stereocenters. The zero-order chi connectivity index (χ0) is 26.1. The first-order chi connectivity index (χ1) is 17.2. The first-order valence-corrected chi connectivity index (χ1v) is 13.1. The van der Waals surface area contributed by atoms with Crippen molar-refractivity contribution in [3.63, 3.8) is 0 Å². The van der Waals surface area contributed by atoms with Gasteiger partial charge < -0.3 is 15.0 Å². The summed E-state index contributed by atoms with van der Waals surface area (Å²) in [5.41, 5.74) is 4.09. The second kappa shape index (κ2) is 13.3. The normalized spacial score (nSPS) is 11.7. The van der Waals surface area contributed by atoms with Crippen molar-refractivity contribution in [3.8, 4) is 5.75 Å². The topological polar surface area (TPSA) is 58.6 Å². The van der Waals surface area contributed by atoms with Gasteiger partial charge in [-0.25, -0.2) is 0 Å². The number of carbonyl (C=O) groups excluding carboxylic acids is 2. The van der Waals surface area contributed by atoms with Crippen LogP contribution in [-0.4, -0.2) is 35.9 Å². The van der Waals surface area contributed by atoms with Gasteiger partial charge in [-0.3, -0.25) is 9.59 Å². The SMILES string of the molecule is Cc1cccc(CN(C(=O)COc2ccc(Br)c(C)c2)[C@H](Cc2ccccc2)C(=O)NCC(C)C)c1. The van der Waals surface area contributed by atoms with E-state index in [9.17, 15) is 9.59 Å². The minimum absolute atomic E-state index is 0.157. The number of benzene rings is 3. The lowest BCUT2D eigenvalue weighted by molar-refractivity contribution is -0.142. The van der Waals surface area contributed by atoms with Crippen LogP contribution >= 0.6 is 15.9 Å². The smallest absolute Gasteiger partial charge is 0.261 e. The fourth-order valence-corrected chi connectivity index (χ4v) is 4.17. The fraction of sp³-hybridized carbons (Fsp3) is 0.333. The molecule has 0 radical (unpaired) electrons. The maximum atomic E-state index is 13.6.